The van der Waals surface area contributed by atoms with E-state index in [0.29, 0.717) is 35.4 Å². The smallest absolute Gasteiger partial charge is 0.321 e. The molecule has 0 saturated carbocycles. The Labute approximate surface area is 209 Å². The Hall–Kier alpha value is -2.51. The number of hydrogen-bond donors (Lipinski definition) is 3. The van der Waals surface area contributed by atoms with Gasteiger partial charge in [-0.15, -0.1) is 0 Å². The van der Waals surface area contributed by atoms with Gasteiger partial charge in [0, 0.05) is 40.1 Å². The lowest BCUT2D eigenvalue weighted by molar-refractivity contribution is -0.139. The quantitative estimate of drug-likeness (QED) is 0.220. The number of aromatic nitrogens is 1. The second-order valence-electron chi connectivity index (χ2n) is 7.62. The first-order valence-corrected chi connectivity index (χ1v) is 11.8. The zero-order chi connectivity index (χ0) is 23.4. The van der Waals surface area contributed by atoms with Gasteiger partial charge in [-0.3, -0.25) is 10.1 Å². The number of ether oxygens (including phenoxy) is 1. The molecule has 0 aliphatic heterocycles. The van der Waals surface area contributed by atoms with Crippen molar-refractivity contribution in [2.45, 2.75) is 25.6 Å². The lowest BCUT2D eigenvalue weighted by Gasteiger charge is -2.17. The van der Waals surface area contributed by atoms with Crippen LogP contribution >= 0.6 is 39.1 Å². The molecule has 1 aromatic heterocycles. The van der Waals surface area contributed by atoms with E-state index in [1.165, 1.54) is 0 Å². The maximum atomic E-state index is 12.0. The summed E-state index contributed by atoms with van der Waals surface area (Å²) in [6.45, 7) is 0.638. The van der Waals surface area contributed by atoms with Crippen molar-refractivity contribution in [1.29, 1.82) is 0 Å². The van der Waals surface area contributed by atoms with Gasteiger partial charge in [-0.2, -0.15) is 0 Å². The number of rotatable bonds is 9. The zero-order valence-corrected chi connectivity index (χ0v) is 20.5. The number of hydrogen-bond acceptors (Lipinski definition) is 3. The third-order valence-corrected chi connectivity index (χ3v) is 6.57. The van der Waals surface area contributed by atoms with Gasteiger partial charge < -0.3 is 14.8 Å². The fraction of sp³-hybridized carbons (Fsp3) is 0.160. The minimum atomic E-state index is -0.909. The summed E-state index contributed by atoms with van der Waals surface area (Å²) < 4.78 is 6.89. The average molecular weight is 548 g/mol. The van der Waals surface area contributed by atoms with Crippen molar-refractivity contribution < 1.29 is 14.6 Å². The number of benzene rings is 3. The molecule has 0 bridgehead atoms. The van der Waals surface area contributed by atoms with E-state index >= 15 is 0 Å². The van der Waals surface area contributed by atoms with Crippen LogP contribution in [0.2, 0.25) is 10.0 Å². The zero-order valence-electron chi connectivity index (χ0n) is 17.4. The topological polar surface area (TPSA) is 74.3 Å². The van der Waals surface area contributed by atoms with Crippen LogP contribution in [0.15, 0.2) is 71.3 Å². The van der Waals surface area contributed by atoms with E-state index in [9.17, 15) is 9.90 Å². The van der Waals surface area contributed by atoms with Gasteiger partial charge in [-0.1, -0.05) is 63.4 Å². The molecule has 0 amide bonds. The Balaban J connectivity index is 1.47. The van der Waals surface area contributed by atoms with Crippen molar-refractivity contribution in [3.63, 3.8) is 0 Å². The third kappa shape index (κ3) is 5.89. The van der Waals surface area contributed by atoms with Crippen LogP contribution in [0.4, 0.5) is 0 Å². The monoisotopic (exact) mass is 546 g/mol. The number of para-hydroxylation sites is 1. The fourth-order valence-electron chi connectivity index (χ4n) is 3.62. The Bertz CT molecular complexity index is 1290. The number of carboxylic acids is 1. The highest BCUT2D eigenvalue weighted by Gasteiger charge is 2.20. The van der Waals surface area contributed by atoms with Gasteiger partial charge in [0.2, 0.25) is 0 Å². The van der Waals surface area contributed by atoms with E-state index in [1.54, 1.807) is 12.1 Å². The molecule has 3 aromatic carbocycles. The number of halogens is 3. The third-order valence-electron chi connectivity index (χ3n) is 5.34. The Morgan fingerprint density at radius 3 is 2.67 bits per heavy atom. The number of fused-ring (bicyclic) bond motifs is 1. The van der Waals surface area contributed by atoms with Gasteiger partial charge >= 0.3 is 5.97 Å². The number of nitrogens with one attached hydrogen (secondary N) is 2. The van der Waals surface area contributed by atoms with Crippen LogP contribution < -0.4 is 10.1 Å². The second-order valence-corrected chi connectivity index (χ2v) is 9.35. The summed E-state index contributed by atoms with van der Waals surface area (Å²) in [4.78, 5) is 15.2. The molecule has 0 aliphatic carbocycles. The molecule has 0 spiro atoms. The van der Waals surface area contributed by atoms with E-state index in [4.69, 9.17) is 27.9 Å². The summed E-state index contributed by atoms with van der Waals surface area (Å²) in [6.07, 6.45) is 2.22. The lowest BCUT2D eigenvalue weighted by atomic mass is 10.0. The van der Waals surface area contributed by atoms with Gasteiger partial charge in [0.15, 0.2) is 0 Å². The van der Waals surface area contributed by atoms with Crippen LogP contribution in [-0.2, 0) is 24.4 Å². The van der Waals surface area contributed by atoms with E-state index in [0.717, 1.165) is 32.1 Å². The van der Waals surface area contributed by atoms with Crippen LogP contribution in [0.1, 0.15) is 16.7 Å². The number of carbonyl (C=O) groups is 1. The van der Waals surface area contributed by atoms with Crippen LogP contribution in [0.5, 0.6) is 5.75 Å². The SMILES string of the molecule is O=C(O)C(Cc1c[nH]c2ccccc12)NCc1cc(Br)ccc1OCc1ccc(Cl)c(Cl)c1. The van der Waals surface area contributed by atoms with Crippen molar-refractivity contribution in [3.05, 3.63) is 98.1 Å². The number of H-pyrrole nitrogens is 1. The molecule has 8 heteroatoms. The summed E-state index contributed by atoms with van der Waals surface area (Å²) in [5.74, 6) is -0.249. The standard InChI is InChI=1S/C25H21BrCl2N2O3/c26-18-6-8-24(33-14-15-5-7-20(27)21(28)9-15)17(10-18)13-30-23(25(31)32)11-16-12-29-22-4-2-1-3-19(16)22/h1-10,12,23,29-30H,11,13-14H2,(H,31,32). The van der Waals surface area contributed by atoms with Gasteiger partial charge in [0.05, 0.1) is 10.0 Å². The summed E-state index contributed by atoms with van der Waals surface area (Å²) in [5.41, 5.74) is 3.67. The van der Waals surface area contributed by atoms with E-state index < -0.39 is 12.0 Å². The largest absolute Gasteiger partial charge is 0.489 e. The van der Waals surface area contributed by atoms with Crippen molar-refractivity contribution in [2.24, 2.45) is 0 Å². The van der Waals surface area contributed by atoms with Gasteiger partial charge in [0.25, 0.3) is 0 Å². The predicted octanol–water partition coefficient (Wildman–Crippen LogP) is 6.60. The molecule has 1 unspecified atom stereocenters. The molecule has 3 N–H and O–H groups in total. The Morgan fingerprint density at radius 1 is 1.06 bits per heavy atom. The molecule has 0 fully saturated rings. The molecule has 0 aliphatic rings. The molecule has 170 valence electrons. The Kier molecular flexibility index (Phi) is 7.60. The fourth-order valence-corrected chi connectivity index (χ4v) is 4.35. The molecule has 4 rings (SSSR count). The number of aromatic amines is 1. The number of aliphatic carboxylic acids is 1. The predicted molar refractivity (Wildman–Crippen MR) is 135 cm³/mol. The first kappa shape index (κ1) is 23.6. The Morgan fingerprint density at radius 2 is 1.88 bits per heavy atom. The minimum Gasteiger partial charge on any atom is -0.489 e. The normalized spacial score (nSPS) is 12.1. The van der Waals surface area contributed by atoms with Crippen molar-refractivity contribution in [1.82, 2.24) is 10.3 Å². The highest BCUT2D eigenvalue weighted by molar-refractivity contribution is 9.10. The highest BCUT2D eigenvalue weighted by Crippen LogP contribution is 2.27. The lowest BCUT2D eigenvalue weighted by Crippen LogP contribution is -2.38. The first-order chi connectivity index (χ1) is 15.9. The maximum absolute atomic E-state index is 12.0. The van der Waals surface area contributed by atoms with Crippen LogP contribution in [0.3, 0.4) is 0 Å². The summed E-state index contributed by atoms with van der Waals surface area (Å²) >= 11 is 15.6. The van der Waals surface area contributed by atoms with Gasteiger partial charge in [0.1, 0.15) is 18.4 Å². The number of carboxylic acid groups (broad SMARTS) is 1. The minimum absolute atomic E-state index is 0.309. The molecule has 1 atom stereocenters. The molecule has 33 heavy (non-hydrogen) atoms. The van der Waals surface area contributed by atoms with Crippen molar-refractivity contribution in [2.75, 3.05) is 0 Å². The van der Waals surface area contributed by atoms with E-state index in [2.05, 4.69) is 26.2 Å². The van der Waals surface area contributed by atoms with Gasteiger partial charge in [-0.25, -0.2) is 0 Å². The summed E-state index contributed by atoms with van der Waals surface area (Å²) in [5, 5.41) is 15.0. The van der Waals surface area contributed by atoms with Crippen LogP contribution in [-0.4, -0.2) is 22.1 Å². The summed E-state index contributed by atoms with van der Waals surface area (Å²) in [7, 11) is 0. The first-order valence-electron chi connectivity index (χ1n) is 10.3. The maximum Gasteiger partial charge on any atom is 0.321 e. The van der Waals surface area contributed by atoms with Crippen LogP contribution in [0, 0.1) is 0 Å². The summed E-state index contributed by atoms with van der Waals surface area (Å²) in [6, 6.07) is 18.1. The van der Waals surface area contributed by atoms with Gasteiger partial charge in [-0.05, 0) is 47.5 Å². The molecular weight excluding hydrogens is 527 g/mol. The molecule has 5 nitrogen and oxygen atoms in total. The molecule has 0 radical (unpaired) electrons. The molecular formula is C25H21BrCl2N2O3. The average Bonchev–Trinajstić information content (AvgIpc) is 3.21. The second kappa shape index (κ2) is 10.6. The molecule has 4 aromatic rings. The van der Waals surface area contributed by atoms with E-state index in [-0.39, 0.29) is 0 Å². The van der Waals surface area contributed by atoms with E-state index in [1.807, 2.05) is 54.7 Å². The van der Waals surface area contributed by atoms with Crippen molar-refractivity contribution in [3.8, 4) is 5.75 Å². The van der Waals surface area contributed by atoms with Crippen molar-refractivity contribution >= 4 is 56.0 Å². The highest BCUT2D eigenvalue weighted by atomic mass is 79.9. The molecule has 1 heterocycles. The molecule has 0 saturated heterocycles. The van der Waals surface area contributed by atoms with Crippen LogP contribution in [0.25, 0.3) is 10.9 Å².